The Labute approximate surface area is 234 Å². The van der Waals surface area contributed by atoms with Crippen LogP contribution in [-0.4, -0.2) is 37.6 Å². The molecular weight excluding hydrogens is 535 g/mol. The van der Waals surface area contributed by atoms with Gasteiger partial charge in [-0.3, -0.25) is 14.6 Å². The molecular formula is C29H22Cl2N6O2. The second-order valence-corrected chi connectivity index (χ2v) is 9.51. The lowest BCUT2D eigenvalue weighted by atomic mass is 10.1. The van der Waals surface area contributed by atoms with Crippen LogP contribution in [0.5, 0.6) is 0 Å². The zero-order chi connectivity index (χ0) is 27.4. The summed E-state index contributed by atoms with van der Waals surface area (Å²) >= 11 is 12.4. The molecule has 3 heterocycles. The standard InChI is InChI=1S/C29H22Cl2N6O2/c30-21-12-11-20(15-22(21)31)37-27(19-8-5-13-33-17-19)16-25(36-37)23-9-4-10-24(34-23)29(39)35-26(28(32)38)14-18-6-2-1-3-7-18/h1-13,15-17,26H,14H2,(H2,32,38)(H,35,39)/t26-/m0/s1. The highest BCUT2D eigenvalue weighted by atomic mass is 35.5. The number of carbonyl (C=O) groups excluding carboxylic acids is 2. The van der Waals surface area contributed by atoms with Crippen LogP contribution in [0.3, 0.4) is 0 Å². The van der Waals surface area contributed by atoms with Crippen LogP contribution in [-0.2, 0) is 11.2 Å². The maximum Gasteiger partial charge on any atom is 0.270 e. The molecule has 39 heavy (non-hydrogen) atoms. The molecule has 0 fully saturated rings. The zero-order valence-corrected chi connectivity index (χ0v) is 22.0. The van der Waals surface area contributed by atoms with Crippen molar-refractivity contribution < 1.29 is 9.59 Å². The average molecular weight is 557 g/mol. The lowest BCUT2D eigenvalue weighted by molar-refractivity contribution is -0.119. The second-order valence-electron chi connectivity index (χ2n) is 8.69. The predicted molar refractivity (Wildman–Crippen MR) is 151 cm³/mol. The lowest BCUT2D eigenvalue weighted by Gasteiger charge is -2.15. The number of nitrogens with one attached hydrogen (secondary N) is 1. The molecule has 194 valence electrons. The van der Waals surface area contributed by atoms with Gasteiger partial charge in [-0.1, -0.05) is 59.6 Å². The minimum Gasteiger partial charge on any atom is -0.368 e. The fraction of sp³-hybridized carbons (Fsp3) is 0.0690. The van der Waals surface area contributed by atoms with Crippen molar-refractivity contribution in [2.45, 2.75) is 12.5 Å². The van der Waals surface area contributed by atoms with Crippen LogP contribution < -0.4 is 11.1 Å². The van der Waals surface area contributed by atoms with Gasteiger partial charge in [0.05, 0.1) is 27.1 Å². The highest BCUT2D eigenvalue weighted by Gasteiger charge is 2.21. The number of amides is 2. The van der Waals surface area contributed by atoms with Crippen molar-refractivity contribution in [3.05, 3.63) is 119 Å². The molecule has 2 amide bonds. The summed E-state index contributed by atoms with van der Waals surface area (Å²) in [5.74, 6) is -1.15. The smallest absolute Gasteiger partial charge is 0.270 e. The molecule has 3 N–H and O–H groups in total. The molecule has 0 saturated carbocycles. The summed E-state index contributed by atoms with van der Waals surface area (Å²) in [6.07, 6.45) is 3.68. The first-order valence-corrected chi connectivity index (χ1v) is 12.7. The van der Waals surface area contributed by atoms with Gasteiger partial charge in [0, 0.05) is 24.4 Å². The van der Waals surface area contributed by atoms with Gasteiger partial charge in [0.2, 0.25) is 5.91 Å². The Balaban J connectivity index is 1.47. The van der Waals surface area contributed by atoms with E-state index in [0.29, 0.717) is 27.1 Å². The van der Waals surface area contributed by atoms with Gasteiger partial charge in [-0.2, -0.15) is 5.10 Å². The quantitative estimate of drug-likeness (QED) is 0.275. The van der Waals surface area contributed by atoms with Gasteiger partial charge in [-0.15, -0.1) is 0 Å². The summed E-state index contributed by atoms with van der Waals surface area (Å²) in [5, 5.41) is 8.28. The summed E-state index contributed by atoms with van der Waals surface area (Å²) in [7, 11) is 0. The van der Waals surface area contributed by atoms with E-state index < -0.39 is 17.9 Å². The van der Waals surface area contributed by atoms with Crippen molar-refractivity contribution in [1.29, 1.82) is 0 Å². The molecule has 1 atom stereocenters. The number of halogens is 2. The minimum atomic E-state index is -0.892. The molecule has 0 bridgehead atoms. The number of nitrogens with zero attached hydrogens (tertiary/aromatic N) is 4. The van der Waals surface area contributed by atoms with E-state index in [1.807, 2.05) is 48.5 Å². The number of benzene rings is 2. The first kappa shape index (κ1) is 26.1. The lowest BCUT2D eigenvalue weighted by Crippen LogP contribution is -2.46. The summed E-state index contributed by atoms with van der Waals surface area (Å²) in [4.78, 5) is 33.9. The van der Waals surface area contributed by atoms with E-state index in [1.54, 1.807) is 53.5 Å². The molecule has 0 unspecified atom stereocenters. The Morgan fingerprint density at radius 1 is 0.897 bits per heavy atom. The van der Waals surface area contributed by atoms with Crippen LogP contribution in [0.15, 0.2) is 97.3 Å². The minimum absolute atomic E-state index is 0.124. The Hall–Kier alpha value is -4.53. The molecule has 0 aliphatic heterocycles. The maximum absolute atomic E-state index is 13.1. The number of pyridine rings is 2. The zero-order valence-electron chi connectivity index (χ0n) is 20.5. The molecule has 0 spiro atoms. The van der Waals surface area contributed by atoms with Crippen molar-refractivity contribution in [3.63, 3.8) is 0 Å². The van der Waals surface area contributed by atoms with Crippen molar-refractivity contribution in [2.75, 3.05) is 0 Å². The van der Waals surface area contributed by atoms with E-state index in [1.165, 1.54) is 0 Å². The largest absolute Gasteiger partial charge is 0.368 e. The van der Waals surface area contributed by atoms with E-state index in [-0.39, 0.29) is 12.1 Å². The SMILES string of the molecule is NC(=O)[C@H](Cc1ccccc1)NC(=O)c1cccc(-c2cc(-c3cccnc3)n(-c3ccc(Cl)c(Cl)c3)n2)n1. The molecule has 0 aliphatic carbocycles. The van der Waals surface area contributed by atoms with Crippen LogP contribution in [0.2, 0.25) is 10.0 Å². The number of rotatable bonds is 8. The normalized spacial score (nSPS) is 11.6. The van der Waals surface area contributed by atoms with E-state index in [0.717, 1.165) is 16.8 Å². The van der Waals surface area contributed by atoms with E-state index in [2.05, 4.69) is 15.3 Å². The topological polar surface area (TPSA) is 116 Å². The number of aromatic nitrogens is 4. The van der Waals surface area contributed by atoms with Crippen molar-refractivity contribution in [2.24, 2.45) is 5.73 Å². The number of hydrogen-bond donors (Lipinski definition) is 2. The Morgan fingerprint density at radius 2 is 1.72 bits per heavy atom. The van der Waals surface area contributed by atoms with Gasteiger partial charge >= 0.3 is 0 Å². The summed E-state index contributed by atoms with van der Waals surface area (Å²) < 4.78 is 1.71. The Kier molecular flexibility index (Phi) is 7.67. The fourth-order valence-corrected chi connectivity index (χ4v) is 4.34. The number of primary amides is 1. The van der Waals surface area contributed by atoms with Crippen molar-refractivity contribution in [3.8, 4) is 28.3 Å². The average Bonchev–Trinajstić information content (AvgIpc) is 3.41. The van der Waals surface area contributed by atoms with Crippen LogP contribution in [0.25, 0.3) is 28.3 Å². The first-order chi connectivity index (χ1) is 18.9. The fourth-order valence-electron chi connectivity index (χ4n) is 4.05. The number of nitrogens with two attached hydrogens (primary N) is 1. The number of hydrogen-bond acceptors (Lipinski definition) is 5. The molecule has 0 radical (unpaired) electrons. The Bertz CT molecular complexity index is 1640. The summed E-state index contributed by atoms with van der Waals surface area (Å²) in [5.41, 5.74) is 9.80. The van der Waals surface area contributed by atoms with Crippen LogP contribution in [0.1, 0.15) is 16.1 Å². The maximum atomic E-state index is 13.1. The van der Waals surface area contributed by atoms with Gasteiger partial charge < -0.3 is 11.1 Å². The van der Waals surface area contributed by atoms with Gasteiger partial charge in [-0.25, -0.2) is 9.67 Å². The third-order valence-corrected chi connectivity index (χ3v) is 6.73. The Morgan fingerprint density at radius 3 is 2.44 bits per heavy atom. The molecule has 8 nitrogen and oxygen atoms in total. The van der Waals surface area contributed by atoms with Crippen molar-refractivity contribution >= 4 is 35.0 Å². The van der Waals surface area contributed by atoms with Crippen molar-refractivity contribution in [1.82, 2.24) is 25.1 Å². The highest BCUT2D eigenvalue weighted by molar-refractivity contribution is 6.42. The molecule has 3 aromatic heterocycles. The van der Waals surface area contributed by atoms with E-state index in [4.69, 9.17) is 34.0 Å². The molecule has 0 aliphatic rings. The molecule has 2 aromatic carbocycles. The summed E-state index contributed by atoms with van der Waals surface area (Å²) in [6, 6.07) is 24.3. The van der Waals surface area contributed by atoms with Gasteiger partial charge in [-0.05, 0) is 54.1 Å². The highest BCUT2D eigenvalue weighted by Crippen LogP contribution is 2.30. The van der Waals surface area contributed by atoms with E-state index in [9.17, 15) is 9.59 Å². The first-order valence-electron chi connectivity index (χ1n) is 12.0. The van der Waals surface area contributed by atoms with Gasteiger partial charge in [0.15, 0.2) is 0 Å². The predicted octanol–water partition coefficient (Wildman–Crippen LogP) is 5.13. The molecule has 10 heteroatoms. The van der Waals surface area contributed by atoms with E-state index >= 15 is 0 Å². The van der Waals surface area contributed by atoms with Crippen LogP contribution in [0, 0.1) is 0 Å². The monoisotopic (exact) mass is 556 g/mol. The van der Waals surface area contributed by atoms with Gasteiger partial charge in [0.1, 0.15) is 17.4 Å². The molecule has 5 rings (SSSR count). The third kappa shape index (κ3) is 5.98. The second kappa shape index (κ2) is 11.5. The molecule has 5 aromatic rings. The summed E-state index contributed by atoms with van der Waals surface area (Å²) in [6.45, 7) is 0. The number of carbonyl (C=O) groups is 2. The van der Waals surface area contributed by atoms with Gasteiger partial charge in [0.25, 0.3) is 5.91 Å². The third-order valence-electron chi connectivity index (χ3n) is 5.99. The van der Waals surface area contributed by atoms with Crippen LogP contribution >= 0.6 is 23.2 Å². The van der Waals surface area contributed by atoms with Crippen LogP contribution in [0.4, 0.5) is 0 Å². The molecule has 0 saturated heterocycles.